The molecule has 72 valence electrons. The Morgan fingerprint density at radius 1 is 1.14 bits per heavy atom. The highest BCUT2D eigenvalue weighted by Crippen LogP contribution is 2.02. The summed E-state index contributed by atoms with van der Waals surface area (Å²) in [6, 6.07) is 10.6. The molecule has 1 aromatic heterocycles. The molecule has 1 heterocycles. The summed E-state index contributed by atoms with van der Waals surface area (Å²) in [6.07, 6.45) is 6.17. The molecule has 0 aliphatic rings. The first-order valence-corrected chi connectivity index (χ1v) is 4.92. The summed E-state index contributed by atoms with van der Waals surface area (Å²) in [5.41, 5.74) is 1.39. The zero-order chi connectivity index (χ0) is 9.80. The summed E-state index contributed by atoms with van der Waals surface area (Å²) in [7, 11) is 2.07. The normalized spacial score (nSPS) is 10.4. The van der Waals surface area contributed by atoms with Gasteiger partial charge in [0.15, 0.2) is 0 Å². The maximum absolute atomic E-state index is 3.24. The van der Waals surface area contributed by atoms with Crippen LogP contribution in [0.4, 0.5) is 0 Å². The van der Waals surface area contributed by atoms with Crippen LogP contribution in [0.1, 0.15) is 11.4 Å². The average molecular weight is 187 g/mol. The van der Waals surface area contributed by atoms with E-state index < -0.39 is 0 Å². The standard InChI is InChI=1S/C12H14N2/c1-14-10-9-13-12(14)8-7-11-5-3-2-4-6-11/h2-6,9-10H,7-8H2,1H3/p+1. The highest BCUT2D eigenvalue weighted by atomic mass is 15.0. The van der Waals surface area contributed by atoms with Gasteiger partial charge in [0.25, 0.3) is 5.82 Å². The first kappa shape index (κ1) is 9.00. The lowest BCUT2D eigenvalue weighted by molar-refractivity contribution is -0.677. The van der Waals surface area contributed by atoms with Crippen LogP contribution in [0.15, 0.2) is 42.7 Å². The van der Waals surface area contributed by atoms with E-state index in [1.54, 1.807) is 0 Å². The monoisotopic (exact) mass is 187 g/mol. The van der Waals surface area contributed by atoms with Crippen LogP contribution in [0, 0.1) is 0 Å². The van der Waals surface area contributed by atoms with E-state index in [2.05, 4.69) is 46.9 Å². The SMILES string of the molecule is C[n+]1cc[nH]c1CCc1ccccc1. The van der Waals surface area contributed by atoms with E-state index in [0.717, 1.165) is 12.8 Å². The van der Waals surface area contributed by atoms with Crippen LogP contribution in [0.25, 0.3) is 0 Å². The molecule has 1 N–H and O–H groups in total. The van der Waals surface area contributed by atoms with E-state index in [9.17, 15) is 0 Å². The smallest absolute Gasteiger partial charge is 0.248 e. The van der Waals surface area contributed by atoms with Crippen molar-refractivity contribution in [1.82, 2.24) is 4.98 Å². The number of aromatic amines is 1. The van der Waals surface area contributed by atoms with Crippen molar-refractivity contribution in [2.75, 3.05) is 0 Å². The van der Waals surface area contributed by atoms with Crippen LogP contribution in [0.5, 0.6) is 0 Å². The Kier molecular flexibility index (Phi) is 2.63. The van der Waals surface area contributed by atoms with Gasteiger partial charge in [-0.2, -0.15) is 0 Å². The summed E-state index contributed by atoms with van der Waals surface area (Å²) in [5.74, 6) is 1.27. The second-order valence-corrected chi connectivity index (χ2v) is 3.50. The average Bonchev–Trinajstić information content (AvgIpc) is 2.63. The lowest BCUT2D eigenvalue weighted by Crippen LogP contribution is -2.30. The summed E-state index contributed by atoms with van der Waals surface area (Å²) in [4.78, 5) is 3.24. The molecule has 0 fully saturated rings. The Balaban J connectivity index is 1.99. The van der Waals surface area contributed by atoms with Crippen LogP contribution in [-0.2, 0) is 19.9 Å². The molecule has 0 bridgehead atoms. The molecule has 0 saturated carbocycles. The van der Waals surface area contributed by atoms with Gasteiger partial charge in [0.05, 0.1) is 13.5 Å². The minimum absolute atomic E-state index is 1.06. The van der Waals surface area contributed by atoms with Gasteiger partial charge in [-0.1, -0.05) is 30.3 Å². The molecule has 0 atom stereocenters. The molecule has 0 aliphatic carbocycles. The van der Waals surface area contributed by atoms with Crippen molar-refractivity contribution in [3.8, 4) is 0 Å². The molecule has 0 unspecified atom stereocenters. The van der Waals surface area contributed by atoms with E-state index in [1.165, 1.54) is 11.4 Å². The van der Waals surface area contributed by atoms with E-state index in [4.69, 9.17) is 0 Å². The maximum atomic E-state index is 3.24. The van der Waals surface area contributed by atoms with Crippen LogP contribution < -0.4 is 4.57 Å². The van der Waals surface area contributed by atoms with Crippen molar-refractivity contribution < 1.29 is 4.57 Å². The number of hydrogen-bond acceptors (Lipinski definition) is 0. The van der Waals surface area contributed by atoms with Crippen LogP contribution in [0.3, 0.4) is 0 Å². The van der Waals surface area contributed by atoms with Crippen molar-refractivity contribution in [2.24, 2.45) is 7.05 Å². The maximum Gasteiger partial charge on any atom is 0.254 e. The predicted octanol–water partition coefficient (Wildman–Crippen LogP) is 1.62. The Labute approximate surface area is 84.2 Å². The number of hydrogen-bond donors (Lipinski definition) is 1. The molecule has 2 aromatic rings. The number of nitrogens with zero attached hydrogens (tertiary/aromatic N) is 1. The third kappa shape index (κ3) is 2.02. The van der Waals surface area contributed by atoms with Crippen molar-refractivity contribution in [3.63, 3.8) is 0 Å². The zero-order valence-electron chi connectivity index (χ0n) is 8.40. The Morgan fingerprint density at radius 3 is 2.57 bits per heavy atom. The first-order chi connectivity index (χ1) is 6.86. The number of rotatable bonds is 3. The molecule has 0 spiro atoms. The lowest BCUT2D eigenvalue weighted by atomic mass is 10.1. The summed E-state index contributed by atoms with van der Waals surface area (Å²) >= 11 is 0. The van der Waals surface area contributed by atoms with E-state index in [1.807, 2.05) is 12.4 Å². The largest absolute Gasteiger partial charge is 0.254 e. The molecule has 1 aromatic carbocycles. The predicted molar refractivity (Wildman–Crippen MR) is 55.8 cm³/mol. The number of benzene rings is 1. The Bertz CT molecular complexity index is 390. The van der Waals surface area contributed by atoms with Gasteiger partial charge < -0.3 is 0 Å². The molecule has 0 amide bonds. The molecule has 2 nitrogen and oxygen atoms in total. The number of aromatic nitrogens is 2. The van der Waals surface area contributed by atoms with Crippen LogP contribution >= 0.6 is 0 Å². The van der Waals surface area contributed by atoms with Crippen molar-refractivity contribution in [1.29, 1.82) is 0 Å². The number of aryl methyl sites for hydroxylation is 3. The van der Waals surface area contributed by atoms with Gasteiger partial charge in [0, 0.05) is 0 Å². The summed E-state index contributed by atoms with van der Waals surface area (Å²) < 4.78 is 2.13. The Morgan fingerprint density at radius 2 is 1.93 bits per heavy atom. The molecule has 0 aliphatic heterocycles. The van der Waals surface area contributed by atoms with Crippen LogP contribution in [0.2, 0.25) is 0 Å². The highest BCUT2D eigenvalue weighted by Gasteiger charge is 2.05. The van der Waals surface area contributed by atoms with Crippen LogP contribution in [-0.4, -0.2) is 4.98 Å². The molecule has 2 heteroatoms. The quantitative estimate of drug-likeness (QED) is 0.705. The van der Waals surface area contributed by atoms with Gasteiger partial charge in [-0.05, 0) is 12.0 Å². The molecule has 0 radical (unpaired) electrons. The Hall–Kier alpha value is -1.57. The van der Waals surface area contributed by atoms with Gasteiger partial charge in [-0.25, -0.2) is 9.55 Å². The molecule has 14 heavy (non-hydrogen) atoms. The number of nitrogens with one attached hydrogen (secondary N) is 1. The first-order valence-electron chi connectivity index (χ1n) is 4.92. The second-order valence-electron chi connectivity index (χ2n) is 3.50. The fraction of sp³-hybridized carbons (Fsp3) is 0.250. The zero-order valence-corrected chi connectivity index (χ0v) is 8.40. The minimum atomic E-state index is 1.06. The molecule has 2 rings (SSSR count). The third-order valence-electron chi connectivity index (χ3n) is 2.47. The van der Waals surface area contributed by atoms with Gasteiger partial charge in [0.1, 0.15) is 12.4 Å². The van der Waals surface area contributed by atoms with E-state index >= 15 is 0 Å². The van der Waals surface area contributed by atoms with Crippen molar-refractivity contribution in [3.05, 3.63) is 54.1 Å². The number of imidazole rings is 1. The molecular weight excluding hydrogens is 172 g/mol. The number of H-pyrrole nitrogens is 1. The third-order valence-corrected chi connectivity index (χ3v) is 2.47. The second kappa shape index (κ2) is 4.09. The van der Waals surface area contributed by atoms with Gasteiger partial charge in [0.2, 0.25) is 0 Å². The fourth-order valence-electron chi connectivity index (χ4n) is 1.59. The fourth-order valence-corrected chi connectivity index (χ4v) is 1.59. The van der Waals surface area contributed by atoms with Crippen molar-refractivity contribution >= 4 is 0 Å². The topological polar surface area (TPSA) is 19.7 Å². The summed E-state index contributed by atoms with van der Waals surface area (Å²) in [6.45, 7) is 0. The van der Waals surface area contributed by atoms with Gasteiger partial charge in [-0.3, -0.25) is 0 Å². The van der Waals surface area contributed by atoms with Crippen molar-refractivity contribution in [2.45, 2.75) is 12.8 Å². The highest BCUT2D eigenvalue weighted by molar-refractivity contribution is 5.15. The lowest BCUT2D eigenvalue weighted by Gasteiger charge is -1.97. The molecule has 0 saturated heterocycles. The van der Waals surface area contributed by atoms with Gasteiger partial charge >= 0.3 is 0 Å². The van der Waals surface area contributed by atoms with E-state index in [-0.39, 0.29) is 0 Å². The van der Waals surface area contributed by atoms with Gasteiger partial charge in [-0.15, -0.1) is 0 Å². The minimum Gasteiger partial charge on any atom is -0.248 e. The molecular formula is C12H15N2+. The summed E-state index contributed by atoms with van der Waals surface area (Å²) in [5, 5.41) is 0. The van der Waals surface area contributed by atoms with E-state index in [0.29, 0.717) is 0 Å².